The minimum absolute atomic E-state index is 0.0505. The van der Waals surface area contributed by atoms with Gasteiger partial charge in [-0.1, -0.05) is 30.3 Å². The second-order valence-corrected chi connectivity index (χ2v) is 9.60. The molecule has 0 aromatic heterocycles. The molecule has 37 heavy (non-hydrogen) atoms. The van der Waals surface area contributed by atoms with Gasteiger partial charge in [0.05, 0.1) is 19.6 Å². The lowest BCUT2D eigenvalue weighted by Gasteiger charge is -2.27. The van der Waals surface area contributed by atoms with E-state index in [4.69, 9.17) is 14.2 Å². The Kier molecular flexibility index (Phi) is 6.76. The molecule has 0 unspecified atom stereocenters. The first kappa shape index (κ1) is 24.6. The summed E-state index contributed by atoms with van der Waals surface area (Å²) < 4.78 is 16.3. The van der Waals surface area contributed by atoms with Crippen molar-refractivity contribution in [2.45, 2.75) is 25.8 Å². The maximum Gasteiger partial charge on any atom is 0.309 e. The smallest absolute Gasteiger partial charge is 0.309 e. The van der Waals surface area contributed by atoms with Gasteiger partial charge >= 0.3 is 5.97 Å². The highest BCUT2D eigenvalue weighted by molar-refractivity contribution is 5.93. The number of benzene rings is 3. The van der Waals surface area contributed by atoms with Crippen LogP contribution in [0, 0.1) is 19.8 Å². The van der Waals surface area contributed by atoms with E-state index in [1.54, 1.807) is 7.11 Å². The highest BCUT2D eigenvalue weighted by Gasteiger charge is 2.48. The molecular formula is C29H30N2O6. The minimum Gasteiger partial charge on any atom is -0.497 e. The Labute approximate surface area is 215 Å². The lowest BCUT2D eigenvalue weighted by Crippen LogP contribution is -2.35. The van der Waals surface area contributed by atoms with E-state index in [-0.39, 0.29) is 25.2 Å². The first-order valence-electron chi connectivity index (χ1n) is 12.2. The maximum absolute atomic E-state index is 13.2. The first-order chi connectivity index (χ1) is 17.8. The van der Waals surface area contributed by atoms with Gasteiger partial charge in [-0.15, -0.1) is 0 Å². The predicted octanol–water partition coefficient (Wildman–Crippen LogP) is 4.52. The van der Waals surface area contributed by atoms with E-state index in [9.17, 15) is 14.7 Å². The summed E-state index contributed by atoms with van der Waals surface area (Å²) in [5, 5.41) is 13.4. The summed E-state index contributed by atoms with van der Waals surface area (Å²) in [7, 11) is 1.59. The standard InChI is InChI=1S/C29H30N2O6/c1-17-4-5-18(2)23(12-17)30-26(32)15-31-14-22(20-8-11-24-25(13-20)37-16-36-24)27(29(33)34)28(31)19-6-9-21(35-3)10-7-19/h4-13,22,27-28H,14-16H2,1-3H3,(H,30,32)(H,33,34)/t22-,27-,28+/m1/s1. The Hall–Kier alpha value is -4.04. The molecule has 3 aromatic carbocycles. The van der Waals surface area contributed by atoms with E-state index in [0.29, 0.717) is 23.8 Å². The molecule has 8 nitrogen and oxygen atoms in total. The van der Waals surface area contributed by atoms with Crippen molar-refractivity contribution in [2.75, 3.05) is 32.3 Å². The number of likely N-dealkylation sites (tertiary alicyclic amines) is 1. The number of anilines is 1. The fourth-order valence-corrected chi connectivity index (χ4v) is 5.32. The molecular weight excluding hydrogens is 472 g/mol. The van der Waals surface area contributed by atoms with Crippen LogP contribution >= 0.6 is 0 Å². The number of methoxy groups -OCH3 is 1. The van der Waals surface area contributed by atoms with Crippen LogP contribution in [0.1, 0.15) is 34.2 Å². The molecule has 0 aliphatic carbocycles. The Morgan fingerprint density at radius 1 is 1.00 bits per heavy atom. The number of carbonyl (C=O) groups excluding carboxylic acids is 1. The number of nitrogens with zero attached hydrogens (tertiary/aromatic N) is 1. The topological polar surface area (TPSA) is 97.3 Å². The van der Waals surface area contributed by atoms with Crippen LogP contribution in [-0.4, -0.2) is 48.9 Å². The molecule has 1 amide bonds. The van der Waals surface area contributed by atoms with Gasteiger partial charge in [-0.3, -0.25) is 14.5 Å². The van der Waals surface area contributed by atoms with E-state index in [1.807, 2.05) is 79.4 Å². The van der Waals surface area contributed by atoms with Crippen molar-refractivity contribution < 1.29 is 28.9 Å². The van der Waals surface area contributed by atoms with Crippen molar-refractivity contribution in [3.63, 3.8) is 0 Å². The van der Waals surface area contributed by atoms with Crippen molar-refractivity contribution in [3.8, 4) is 17.2 Å². The van der Waals surface area contributed by atoms with Crippen LogP contribution in [0.2, 0.25) is 0 Å². The van der Waals surface area contributed by atoms with Crippen molar-refractivity contribution in [1.82, 2.24) is 4.90 Å². The third kappa shape index (κ3) is 4.97. The summed E-state index contributed by atoms with van der Waals surface area (Å²) in [5.74, 6) is -0.308. The lowest BCUT2D eigenvalue weighted by molar-refractivity contribution is -0.143. The van der Waals surface area contributed by atoms with Crippen LogP contribution in [0.25, 0.3) is 0 Å². The number of aryl methyl sites for hydroxylation is 2. The van der Waals surface area contributed by atoms with Gasteiger partial charge in [0.25, 0.3) is 0 Å². The number of nitrogens with one attached hydrogen (secondary N) is 1. The van der Waals surface area contributed by atoms with Crippen LogP contribution in [0.5, 0.6) is 17.2 Å². The number of carboxylic acids is 1. The molecule has 3 aromatic rings. The van der Waals surface area contributed by atoms with Crippen LogP contribution < -0.4 is 19.5 Å². The fraction of sp³-hybridized carbons (Fsp3) is 0.310. The average Bonchev–Trinajstić information content (AvgIpc) is 3.50. The van der Waals surface area contributed by atoms with Crippen molar-refractivity contribution in [3.05, 3.63) is 82.9 Å². The van der Waals surface area contributed by atoms with E-state index in [0.717, 1.165) is 27.9 Å². The maximum atomic E-state index is 13.2. The fourth-order valence-electron chi connectivity index (χ4n) is 5.32. The highest BCUT2D eigenvalue weighted by Crippen LogP contribution is 2.47. The zero-order chi connectivity index (χ0) is 26.1. The largest absolute Gasteiger partial charge is 0.497 e. The molecule has 3 atom stereocenters. The van der Waals surface area contributed by atoms with E-state index < -0.39 is 17.9 Å². The number of hydrogen-bond acceptors (Lipinski definition) is 6. The quantitative estimate of drug-likeness (QED) is 0.490. The molecule has 5 rings (SSSR count). The number of rotatable bonds is 7. The molecule has 0 spiro atoms. The van der Waals surface area contributed by atoms with Gasteiger partial charge < -0.3 is 24.6 Å². The summed E-state index contributed by atoms with van der Waals surface area (Å²) >= 11 is 0. The number of amides is 1. The first-order valence-corrected chi connectivity index (χ1v) is 12.2. The van der Waals surface area contributed by atoms with Gasteiger partial charge in [-0.05, 0) is 66.4 Å². The number of ether oxygens (including phenoxy) is 3. The number of aliphatic carboxylic acids is 1. The number of hydrogen-bond donors (Lipinski definition) is 2. The lowest BCUT2D eigenvalue weighted by atomic mass is 9.82. The monoisotopic (exact) mass is 502 g/mol. The molecule has 2 N–H and O–H groups in total. The number of carboxylic acid groups (broad SMARTS) is 1. The van der Waals surface area contributed by atoms with E-state index in [1.165, 1.54) is 0 Å². The molecule has 2 aliphatic rings. The minimum atomic E-state index is -0.916. The Bertz CT molecular complexity index is 1320. The van der Waals surface area contributed by atoms with Crippen molar-refractivity contribution in [2.24, 2.45) is 5.92 Å². The second-order valence-electron chi connectivity index (χ2n) is 9.60. The third-order valence-electron chi connectivity index (χ3n) is 7.18. The summed E-state index contributed by atoms with van der Waals surface area (Å²) in [6.45, 7) is 4.51. The third-order valence-corrected chi connectivity index (χ3v) is 7.18. The molecule has 192 valence electrons. The average molecular weight is 503 g/mol. The van der Waals surface area contributed by atoms with Gasteiger partial charge in [0, 0.05) is 24.2 Å². The summed E-state index contributed by atoms with van der Waals surface area (Å²) in [4.78, 5) is 27.9. The predicted molar refractivity (Wildman–Crippen MR) is 138 cm³/mol. The van der Waals surface area contributed by atoms with Crippen LogP contribution in [-0.2, 0) is 9.59 Å². The molecule has 0 bridgehead atoms. The number of carbonyl (C=O) groups is 2. The van der Waals surface area contributed by atoms with Gasteiger partial charge in [-0.25, -0.2) is 0 Å². The molecule has 2 heterocycles. The van der Waals surface area contributed by atoms with Crippen LogP contribution in [0.3, 0.4) is 0 Å². The zero-order valence-corrected chi connectivity index (χ0v) is 21.1. The Morgan fingerprint density at radius 2 is 1.73 bits per heavy atom. The molecule has 1 saturated heterocycles. The molecule has 0 radical (unpaired) electrons. The summed E-state index contributed by atoms with van der Waals surface area (Å²) in [5.41, 5.74) is 4.43. The summed E-state index contributed by atoms with van der Waals surface area (Å²) in [6.07, 6.45) is 0. The highest BCUT2D eigenvalue weighted by atomic mass is 16.7. The zero-order valence-electron chi connectivity index (χ0n) is 21.1. The van der Waals surface area contributed by atoms with Gasteiger partial charge in [0.1, 0.15) is 5.75 Å². The van der Waals surface area contributed by atoms with Gasteiger partial charge in [0.15, 0.2) is 11.5 Å². The van der Waals surface area contributed by atoms with Crippen LogP contribution in [0.15, 0.2) is 60.7 Å². The molecule has 1 fully saturated rings. The van der Waals surface area contributed by atoms with Crippen molar-refractivity contribution in [1.29, 1.82) is 0 Å². The van der Waals surface area contributed by atoms with Gasteiger partial charge in [0.2, 0.25) is 12.7 Å². The Balaban J connectivity index is 1.48. The second kappa shape index (κ2) is 10.1. The summed E-state index contributed by atoms with van der Waals surface area (Å²) in [6, 6.07) is 18.3. The van der Waals surface area contributed by atoms with Crippen LogP contribution in [0.4, 0.5) is 5.69 Å². The molecule has 2 aliphatic heterocycles. The van der Waals surface area contributed by atoms with Gasteiger partial charge in [-0.2, -0.15) is 0 Å². The van der Waals surface area contributed by atoms with Crippen molar-refractivity contribution >= 4 is 17.6 Å². The SMILES string of the molecule is COc1ccc([C@H]2[C@H](C(=O)O)[C@@H](c3ccc4c(c3)OCO4)CN2CC(=O)Nc2cc(C)ccc2C)cc1. The van der Waals surface area contributed by atoms with E-state index in [2.05, 4.69) is 5.32 Å². The normalized spacial score (nSPS) is 20.6. The molecule has 8 heteroatoms. The Morgan fingerprint density at radius 3 is 2.46 bits per heavy atom. The molecule has 0 saturated carbocycles. The van der Waals surface area contributed by atoms with E-state index >= 15 is 0 Å². The number of fused-ring (bicyclic) bond motifs is 1.